The maximum absolute atomic E-state index is 10.8. The van der Waals surface area contributed by atoms with Crippen LogP contribution >= 0.6 is 0 Å². The maximum Gasteiger partial charge on any atom is 0.336 e. The molecule has 0 heterocycles. The molecule has 0 atom stereocenters. The number of hydrogen-bond donors (Lipinski definition) is 6. The van der Waals surface area contributed by atoms with E-state index in [1.807, 2.05) is 0 Å². The average Bonchev–Trinajstić information content (AvgIpc) is 2.45. The van der Waals surface area contributed by atoms with Gasteiger partial charge < -0.3 is 30.6 Å². The Balaban J connectivity index is 0.000000980. The fraction of sp³-hybridized carbons (Fsp3) is 0.167. The Morgan fingerprint density at radius 2 is 0.773 bits per heavy atom. The molecule has 1 aromatic rings. The molecule has 0 radical (unpaired) electrons. The summed E-state index contributed by atoms with van der Waals surface area (Å²) in [6, 6.07) is 1.02. The van der Waals surface area contributed by atoms with Gasteiger partial charge in [-0.3, -0.25) is 0 Å². The number of aliphatic hydroxyl groups excluding tert-OH is 2. The van der Waals surface area contributed by atoms with E-state index in [0.29, 0.717) is 12.1 Å². The van der Waals surface area contributed by atoms with Crippen LogP contribution in [-0.2, 0) is 0 Å². The molecule has 120 valence electrons. The van der Waals surface area contributed by atoms with Gasteiger partial charge >= 0.3 is 23.9 Å². The largest absolute Gasteiger partial charge is 0.478 e. The van der Waals surface area contributed by atoms with Gasteiger partial charge in [0.25, 0.3) is 0 Å². The lowest BCUT2D eigenvalue weighted by Crippen LogP contribution is -2.15. The van der Waals surface area contributed by atoms with Gasteiger partial charge in [-0.25, -0.2) is 19.2 Å². The fourth-order valence-corrected chi connectivity index (χ4v) is 1.31. The summed E-state index contributed by atoms with van der Waals surface area (Å²) in [7, 11) is 0. The zero-order valence-electron chi connectivity index (χ0n) is 10.9. The van der Waals surface area contributed by atoms with Crippen LogP contribution in [0.4, 0.5) is 0 Å². The molecule has 0 bridgehead atoms. The first-order valence-corrected chi connectivity index (χ1v) is 5.50. The van der Waals surface area contributed by atoms with E-state index in [1.165, 1.54) is 0 Å². The van der Waals surface area contributed by atoms with E-state index in [1.54, 1.807) is 0 Å². The molecule has 0 unspecified atom stereocenters. The van der Waals surface area contributed by atoms with Crippen molar-refractivity contribution in [2.24, 2.45) is 0 Å². The average molecular weight is 316 g/mol. The number of aromatic carboxylic acids is 4. The van der Waals surface area contributed by atoms with Crippen LogP contribution in [0.1, 0.15) is 41.4 Å². The van der Waals surface area contributed by atoms with E-state index >= 15 is 0 Å². The second-order valence-electron chi connectivity index (χ2n) is 3.61. The van der Waals surface area contributed by atoms with E-state index in [9.17, 15) is 19.2 Å². The summed E-state index contributed by atoms with van der Waals surface area (Å²) in [6.07, 6.45) is 0. The molecule has 10 nitrogen and oxygen atoms in total. The van der Waals surface area contributed by atoms with Crippen LogP contribution < -0.4 is 0 Å². The van der Waals surface area contributed by atoms with Crippen molar-refractivity contribution in [1.29, 1.82) is 0 Å². The van der Waals surface area contributed by atoms with Crippen molar-refractivity contribution in [2.75, 3.05) is 13.2 Å². The topological polar surface area (TPSA) is 190 Å². The third-order valence-corrected chi connectivity index (χ3v) is 2.18. The van der Waals surface area contributed by atoms with E-state index in [-0.39, 0.29) is 13.2 Å². The predicted octanol–water partition coefficient (Wildman–Crippen LogP) is -0.550. The van der Waals surface area contributed by atoms with E-state index in [2.05, 4.69) is 0 Å². The molecule has 0 aliphatic carbocycles. The first kappa shape index (κ1) is 19.0. The van der Waals surface area contributed by atoms with Gasteiger partial charge in [-0.15, -0.1) is 0 Å². The Morgan fingerprint density at radius 3 is 0.864 bits per heavy atom. The second-order valence-corrected chi connectivity index (χ2v) is 3.61. The summed E-state index contributed by atoms with van der Waals surface area (Å²) in [5.41, 5.74) is -3.15. The number of rotatable bonds is 5. The van der Waals surface area contributed by atoms with Crippen LogP contribution in [0.5, 0.6) is 0 Å². The highest BCUT2D eigenvalue weighted by Gasteiger charge is 2.24. The Kier molecular flexibility index (Phi) is 7.21. The van der Waals surface area contributed by atoms with Gasteiger partial charge in [-0.2, -0.15) is 0 Å². The van der Waals surface area contributed by atoms with E-state index in [4.69, 9.17) is 30.6 Å². The molecule has 0 fully saturated rings. The summed E-state index contributed by atoms with van der Waals surface area (Å²) >= 11 is 0. The quantitative estimate of drug-likeness (QED) is 0.411. The number of carbonyl (C=O) groups is 4. The number of carboxylic acids is 4. The molecule has 0 aliphatic heterocycles. The van der Waals surface area contributed by atoms with Crippen molar-refractivity contribution in [2.45, 2.75) is 0 Å². The van der Waals surface area contributed by atoms with Gasteiger partial charge in [0.1, 0.15) is 0 Å². The third kappa shape index (κ3) is 4.85. The molecule has 0 saturated heterocycles. The molecule has 22 heavy (non-hydrogen) atoms. The van der Waals surface area contributed by atoms with Crippen LogP contribution in [0, 0.1) is 0 Å². The highest BCUT2D eigenvalue weighted by atomic mass is 16.4. The summed E-state index contributed by atoms with van der Waals surface area (Å²) in [4.78, 5) is 43.1. The summed E-state index contributed by atoms with van der Waals surface area (Å²) < 4.78 is 0. The van der Waals surface area contributed by atoms with Gasteiger partial charge in [0.05, 0.1) is 35.5 Å². The van der Waals surface area contributed by atoms with Crippen molar-refractivity contribution < 1.29 is 49.8 Å². The third-order valence-electron chi connectivity index (χ3n) is 2.18. The minimum Gasteiger partial charge on any atom is -0.478 e. The highest BCUT2D eigenvalue weighted by molar-refractivity contribution is 6.09. The van der Waals surface area contributed by atoms with Crippen molar-refractivity contribution in [1.82, 2.24) is 0 Å². The molecule has 0 aromatic heterocycles. The van der Waals surface area contributed by atoms with Gasteiger partial charge in [0.2, 0.25) is 0 Å². The molecular formula is C12H12O10. The van der Waals surface area contributed by atoms with E-state index in [0.717, 1.165) is 0 Å². The normalized spacial score (nSPS) is 9.36. The summed E-state index contributed by atoms with van der Waals surface area (Å²) in [6.45, 7) is -0.250. The van der Waals surface area contributed by atoms with Gasteiger partial charge in [-0.1, -0.05) is 0 Å². The predicted molar refractivity (Wildman–Crippen MR) is 68.5 cm³/mol. The number of carboxylic acid groups (broad SMARTS) is 4. The molecule has 0 spiro atoms. The fourth-order valence-electron chi connectivity index (χ4n) is 1.31. The monoisotopic (exact) mass is 316 g/mol. The Hall–Kier alpha value is -2.98. The number of hydrogen-bond acceptors (Lipinski definition) is 6. The minimum absolute atomic E-state index is 0.125. The van der Waals surface area contributed by atoms with Gasteiger partial charge in [0, 0.05) is 0 Å². The first-order chi connectivity index (χ1) is 10.2. The molecule has 1 aromatic carbocycles. The highest BCUT2D eigenvalue weighted by Crippen LogP contribution is 2.18. The van der Waals surface area contributed by atoms with Crippen LogP contribution in [-0.4, -0.2) is 67.7 Å². The maximum atomic E-state index is 10.8. The van der Waals surface area contributed by atoms with Crippen molar-refractivity contribution in [3.8, 4) is 0 Å². The smallest absolute Gasteiger partial charge is 0.336 e. The van der Waals surface area contributed by atoms with Crippen molar-refractivity contribution in [3.05, 3.63) is 34.4 Å². The molecule has 0 saturated carbocycles. The molecule has 10 heteroatoms. The summed E-state index contributed by atoms with van der Waals surface area (Å²) in [5, 5.41) is 50.2. The van der Waals surface area contributed by atoms with Gasteiger partial charge in [-0.05, 0) is 12.1 Å². The summed E-state index contributed by atoms with van der Waals surface area (Å²) in [5.74, 6) is -6.64. The molecule has 6 N–H and O–H groups in total. The molecule has 0 amide bonds. The van der Waals surface area contributed by atoms with Crippen molar-refractivity contribution >= 4 is 23.9 Å². The van der Waals surface area contributed by atoms with Crippen LogP contribution in [0.2, 0.25) is 0 Å². The van der Waals surface area contributed by atoms with Crippen LogP contribution in [0.15, 0.2) is 12.1 Å². The lowest BCUT2D eigenvalue weighted by atomic mass is 9.98. The SMILES string of the molecule is O=C(O)c1cc(C(=O)O)c(C(=O)O)cc1C(=O)O.OCCO. The van der Waals surface area contributed by atoms with Crippen LogP contribution in [0.25, 0.3) is 0 Å². The lowest BCUT2D eigenvalue weighted by Gasteiger charge is -2.06. The van der Waals surface area contributed by atoms with E-state index < -0.39 is 46.1 Å². The minimum atomic E-state index is -1.66. The van der Waals surface area contributed by atoms with Crippen LogP contribution in [0.3, 0.4) is 0 Å². The van der Waals surface area contributed by atoms with Crippen molar-refractivity contribution in [3.63, 3.8) is 0 Å². The molecular weight excluding hydrogens is 304 g/mol. The molecule has 1 rings (SSSR count). The zero-order chi connectivity index (χ0) is 17.4. The van der Waals surface area contributed by atoms with Gasteiger partial charge in [0.15, 0.2) is 0 Å². The second kappa shape index (κ2) is 8.34. The first-order valence-electron chi connectivity index (χ1n) is 5.50. The standard InChI is InChI=1S/C10H6O8.C2H6O2/c11-7(12)3-1-4(8(13)14)6(10(17)18)2-5(3)9(15)16;3-1-2-4/h1-2H,(H,11,12)(H,13,14)(H,15,16)(H,17,18);3-4H,1-2H2. The Bertz CT molecular complexity index is 504. The zero-order valence-corrected chi connectivity index (χ0v) is 10.9. The Morgan fingerprint density at radius 1 is 0.591 bits per heavy atom. The lowest BCUT2D eigenvalue weighted by molar-refractivity contribution is 0.0637. The Labute approximate surface area is 122 Å². The number of benzene rings is 1. The molecule has 0 aliphatic rings. The number of aliphatic hydroxyl groups is 2.